The van der Waals surface area contributed by atoms with Crippen LogP contribution < -0.4 is 4.90 Å². The van der Waals surface area contributed by atoms with Crippen molar-refractivity contribution in [3.63, 3.8) is 0 Å². The lowest BCUT2D eigenvalue weighted by molar-refractivity contribution is -0.115. The summed E-state index contributed by atoms with van der Waals surface area (Å²) in [5.74, 6) is -0.0400. The van der Waals surface area contributed by atoms with Gasteiger partial charge in [0.2, 0.25) is 5.91 Å². The molecule has 0 radical (unpaired) electrons. The molecular weight excluding hydrogens is 334 g/mol. The highest BCUT2D eigenvalue weighted by atomic mass is 16.3. The van der Waals surface area contributed by atoms with Gasteiger partial charge in [-0.15, -0.1) is 0 Å². The summed E-state index contributed by atoms with van der Waals surface area (Å²) in [6, 6.07) is 28.0. The molecule has 130 valence electrons. The van der Waals surface area contributed by atoms with E-state index < -0.39 is 0 Å². The van der Waals surface area contributed by atoms with E-state index in [4.69, 9.17) is 4.42 Å². The predicted molar refractivity (Wildman–Crippen MR) is 110 cm³/mol. The summed E-state index contributed by atoms with van der Waals surface area (Å²) < 4.78 is 6.01. The highest BCUT2D eigenvalue weighted by Gasteiger charge is 2.18. The molecule has 0 aliphatic heterocycles. The van der Waals surface area contributed by atoms with Crippen LogP contribution in [-0.2, 0) is 4.79 Å². The van der Waals surface area contributed by atoms with Crippen molar-refractivity contribution in [3.8, 4) is 0 Å². The number of hydrogen-bond acceptors (Lipinski definition) is 2. The minimum Gasteiger partial charge on any atom is -0.456 e. The van der Waals surface area contributed by atoms with Gasteiger partial charge in [0.25, 0.3) is 0 Å². The van der Waals surface area contributed by atoms with E-state index in [1.54, 1.807) is 11.8 Å². The maximum atomic E-state index is 12.6. The van der Waals surface area contributed by atoms with Crippen molar-refractivity contribution in [2.24, 2.45) is 0 Å². The summed E-state index contributed by atoms with van der Waals surface area (Å²) in [5.41, 5.74) is 3.30. The van der Waals surface area contributed by atoms with Crippen molar-refractivity contribution in [3.05, 3.63) is 84.9 Å². The van der Waals surface area contributed by atoms with Crippen LogP contribution in [0.4, 0.5) is 11.4 Å². The quantitative estimate of drug-likeness (QED) is 0.367. The third-order valence-corrected chi connectivity index (χ3v) is 4.94. The fraction of sp³-hybridized carbons (Fsp3) is 0.0417. The van der Waals surface area contributed by atoms with Crippen LogP contribution in [0.25, 0.3) is 32.7 Å². The molecule has 0 fully saturated rings. The number of carbonyl (C=O) groups is 1. The molecule has 0 saturated carbocycles. The molecule has 0 spiro atoms. The zero-order valence-electron chi connectivity index (χ0n) is 14.8. The van der Waals surface area contributed by atoms with Crippen LogP contribution >= 0.6 is 0 Å². The van der Waals surface area contributed by atoms with Crippen LogP contribution in [0.1, 0.15) is 6.92 Å². The number of amides is 1. The van der Waals surface area contributed by atoms with Crippen LogP contribution in [0.5, 0.6) is 0 Å². The van der Waals surface area contributed by atoms with Gasteiger partial charge in [-0.05, 0) is 29.7 Å². The maximum Gasteiger partial charge on any atom is 0.228 e. The molecule has 0 bridgehead atoms. The summed E-state index contributed by atoms with van der Waals surface area (Å²) in [5, 5.41) is 4.28. The molecular formula is C24H17NO2. The van der Waals surface area contributed by atoms with E-state index in [1.807, 2.05) is 72.8 Å². The van der Waals surface area contributed by atoms with Gasteiger partial charge in [-0.2, -0.15) is 0 Å². The minimum atomic E-state index is -0.0400. The maximum absolute atomic E-state index is 12.6. The Kier molecular flexibility index (Phi) is 3.47. The molecule has 1 heterocycles. The van der Waals surface area contributed by atoms with Crippen molar-refractivity contribution in [2.75, 3.05) is 4.90 Å². The Hall–Kier alpha value is -3.59. The van der Waals surface area contributed by atoms with Gasteiger partial charge in [-0.3, -0.25) is 9.69 Å². The average Bonchev–Trinajstić information content (AvgIpc) is 3.06. The molecule has 5 rings (SSSR count). The molecule has 3 heteroatoms. The molecule has 0 aliphatic rings. The van der Waals surface area contributed by atoms with Crippen LogP contribution in [0, 0.1) is 0 Å². The van der Waals surface area contributed by atoms with Gasteiger partial charge in [-0.1, -0.05) is 54.6 Å². The van der Waals surface area contributed by atoms with Gasteiger partial charge in [0.1, 0.15) is 11.2 Å². The Morgan fingerprint density at radius 2 is 1.44 bits per heavy atom. The van der Waals surface area contributed by atoms with Gasteiger partial charge in [-0.25, -0.2) is 0 Å². The standard InChI is InChI=1S/C24H17NO2/c1-16(26)25(22-11-6-8-17-7-2-3-9-19(17)22)18-13-14-21-20-10-4-5-12-23(20)27-24(21)15-18/h2-15H,1H3. The second kappa shape index (κ2) is 5.99. The number of hydrogen-bond donors (Lipinski definition) is 0. The summed E-state index contributed by atoms with van der Waals surface area (Å²) in [6.45, 7) is 1.59. The smallest absolute Gasteiger partial charge is 0.228 e. The highest BCUT2D eigenvalue weighted by molar-refractivity contribution is 6.10. The van der Waals surface area contributed by atoms with E-state index in [1.165, 1.54) is 0 Å². The van der Waals surface area contributed by atoms with E-state index in [0.29, 0.717) is 0 Å². The first-order chi connectivity index (χ1) is 13.2. The van der Waals surface area contributed by atoms with Crippen LogP contribution in [-0.4, -0.2) is 5.91 Å². The summed E-state index contributed by atoms with van der Waals surface area (Å²) in [7, 11) is 0. The number of para-hydroxylation sites is 1. The molecule has 27 heavy (non-hydrogen) atoms. The van der Waals surface area contributed by atoms with Crippen LogP contribution in [0.2, 0.25) is 0 Å². The lowest BCUT2D eigenvalue weighted by atomic mass is 10.1. The molecule has 0 atom stereocenters. The van der Waals surface area contributed by atoms with Gasteiger partial charge < -0.3 is 4.42 Å². The lowest BCUT2D eigenvalue weighted by Gasteiger charge is -2.23. The third kappa shape index (κ3) is 2.48. The molecule has 4 aromatic carbocycles. The fourth-order valence-electron chi connectivity index (χ4n) is 3.75. The molecule has 0 saturated heterocycles. The van der Waals surface area contributed by atoms with Crippen molar-refractivity contribution in [1.29, 1.82) is 0 Å². The Bertz CT molecular complexity index is 1310. The summed E-state index contributed by atoms with van der Waals surface area (Å²) >= 11 is 0. The summed E-state index contributed by atoms with van der Waals surface area (Å²) in [6.07, 6.45) is 0. The number of nitrogens with zero attached hydrogens (tertiary/aromatic N) is 1. The Labute approximate surface area is 156 Å². The monoisotopic (exact) mass is 351 g/mol. The molecule has 1 amide bonds. The second-order valence-corrected chi connectivity index (χ2v) is 6.63. The predicted octanol–water partition coefficient (Wildman–Crippen LogP) is 6.42. The van der Waals surface area contributed by atoms with E-state index >= 15 is 0 Å². The van der Waals surface area contributed by atoms with Gasteiger partial charge in [0.05, 0.1) is 11.4 Å². The molecule has 1 aromatic heterocycles. The fourth-order valence-corrected chi connectivity index (χ4v) is 3.75. The lowest BCUT2D eigenvalue weighted by Crippen LogP contribution is -2.22. The number of fused-ring (bicyclic) bond motifs is 4. The number of benzene rings is 4. The highest BCUT2D eigenvalue weighted by Crippen LogP contribution is 2.36. The van der Waals surface area contributed by atoms with Crippen LogP contribution in [0.3, 0.4) is 0 Å². The number of carbonyl (C=O) groups excluding carboxylic acids is 1. The zero-order chi connectivity index (χ0) is 18.4. The molecule has 3 nitrogen and oxygen atoms in total. The minimum absolute atomic E-state index is 0.0400. The van der Waals surface area contributed by atoms with Gasteiger partial charge in [0, 0.05) is 29.1 Å². The largest absolute Gasteiger partial charge is 0.456 e. The second-order valence-electron chi connectivity index (χ2n) is 6.63. The van der Waals surface area contributed by atoms with Crippen molar-refractivity contribution in [2.45, 2.75) is 6.92 Å². The van der Waals surface area contributed by atoms with E-state index in [-0.39, 0.29) is 5.91 Å². The molecule has 5 aromatic rings. The number of anilines is 2. The SMILES string of the molecule is CC(=O)N(c1ccc2c(c1)oc1ccccc12)c1cccc2ccccc12. The van der Waals surface area contributed by atoms with Crippen molar-refractivity contribution < 1.29 is 9.21 Å². The first kappa shape index (κ1) is 15.6. The number of furan rings is 1. The number of rotatable bonds is 2. The van der Waals surface area contributed by atoms with Gasteiger partial charge in [0.15, 0.2) is 0 Å². The normalized spacial score (nSPS) is 11.3. The van der Waals surface area contributed by atoms with Crippen molar-refractivity contribution >= 4 is 50.0 Å². The first-order valence-electron chi connectivity index (χ1n) is 8.92. The Morgan fingerprint density at radius 1 is 0.741 bits per heavy atom. The first-order valence-corrected chi connectivity index (χ1v) is 8.92. The molecule has 0 aliphatic carbocycles. The summed E-state index contributed by atoms with van der Waals surface area (Å²) in [4.78, 5) is 14.3. The zero-order valence-corrected chi connectivity index (χ0v) is 14.8. The van der Waals surface area contributed by atoms with Crippen LogP contribution in [0.15, 0.2) is 89.3 Å². The van der Waals surface area contributed by atoms with Gasteiger partial charge >= 0.3 is 0 Å². The topological polar surface area (TPSA) is 33.5 Å². The molecule has 0 unspecified atom stereocenters. The van der Waals surface area contributed by atoms with E-state index in [2.05, 4.69) is 12.1 Å². The molecule has 0 N–H and O–H groups in total. The van der Waals surface area contributed by atoms with E-state index in [9.17, 15) is 4.79 Å². The third-order valence-electron chi connectivity index (χ3n) is 4.94. The average molecular weight is 351 g/mol. The Morgan fingerprint density at radius 3 is 2.30 bits per heavy atom. The van der Waals surface area contributed by atoms with Crippen molar-refractivity contribution in [1.82, 2.24) is 0 Å². The Balaban J connectivity index is 1.74. The van der Waals surface area contributed by atoms with E-state index in [0.717, 1.165) is 44.1 Å².